The normalized spacial score (nSPS) is 13.1. The molecule has 5 nitrogen and oxygen atoms in total. The van der Waals surface area contributed by atoms with Crippen molar-refractivity contribution in [2.24, 2.45) is 0 Å². The Morgan fingerprint density at radius 2 is 1.86 bits per heavy atom. The molecule has 146 valence electrons. The molecule has 0 bridgehead atoms. The first-order valence-corrected chi connectivity index (χ1v) is 9.50. The van der Waals surface area contributed by atoms with E-state index in [1.54, 1.807) is 12.3 Å². The highest BCUT2D eigenvalue weighted by Gasteiger charge is 2.28. The molecule has 2 heterocycles. The predicted molar refractivity (Wildman–Crippen MR) is 117 cm³/mol. The quantitative estimate of drug-likeness (QED) is 0.503. The monoisotopic (exact) mass is 404 g/mol. The predicted octanol–water partition coefficient (Wildman–Crippen LogP) is 5.28. The van der Waals surface area contributed by atoms with E-state index in [0.717, 1.165) is 28.0 Å². The van der Waals surface area contributed by atoms with Gasteiger partial charge in [-0.15, -0.1) is 12.4 Å². The minimum atomic E-state index is -0.132. The minimum Gasteiger partial charge on any atom is -0.322 e. The van der Waals surface area contributed by atoms with E-state index < -0.39 is 0 Å². The molecule has 1 amide bonds. The lowest BCUT2D eigenvalue weighted by Crippen LogP contribution is -2.12. The van der Waals surface area contributed by atoms with Crippen LogP contribution in [0.25, 0.3) is 16.6 Å². The molecule has 1 fully saturated rings. The molecule has 5 rings (SSSR count). The molecule has 1 aliphatic rings. The van der Waals surface area contributed by atoms with Crippen LogP contribution in [0.5, 0.6) is 0 Å². The Morgan fingerprint density at radius 1 is 1.07 bits per heavy atom. The number of amides is 1. The first-order valence-electron chi connectivity index (χ1n) is 9.50. The summed E-state index contributed by atoms with van der Waals surface area (Å²) in [5.41, 5.74) is 5.58. The second-order valence-corrected chi connectivity index (χ2v) is 7.31. The van der Waals surface area contributed by atoms with Crippen LogP contribution in [-0.4, -0.2) is 20.7 Å². The summed E-state index contributed by atoms with van der Waals surface area (Å²) in [5.74, 6) is 0.495. The Balaban J connectivity index is 0.00000205. The van der Waals surface area contributed by atoms with Crippen LogP contribution >= 0.6 is 12.4 Å². The molecule has 1 N–H and O–H groups in total. The van der Waals surface area contributed by atoms with Crippen LogP contribution in [0, 0.1) is 6.92 Å². The first-order chi connectivity index (χ1) is 13.7. The lowest BCUT2D eigenvalue weighted by atomic mass is 10.1. The van der Waals surface area contributed by atoms with Gasteiger partial charge >= 0.3 is 0 Å². The van der Waals surface area contributed by atoms with Crippen molar-refractivity contribution in [2.75, 3.05) is 5.32 Å². The largest absolute Gasteiger partial charge is 0.322 e. The summed E-state index contributed by atoms with van der Waals surface area (Å²) in [5, 5.41) is 8.55. The van der Waals surface area contributed by atoms with E-state index in [1.165, 1.54) is 18.5 Å². The number of rotatable bonds is 4. The van der Waals surface area contributed by atoms with E-state index >= 15 is 0 Å². The number of fused-ring (bicyclic) bond motifs is 1. The van der Waals surface area contributed by atoms with E-state index in [0.29, 0.717) is 11.5 Å². The molecule has 1 saturated carbocycles. The number of hydrogen-bond donors (Lipinski definition) is 1. The van der Waals surface area contributed by atoms with E-state index in [1.807, 2.05) is 60.1 Å². The van der Waals surface area contributed by atoms with Gasteiger partial charge in [-0.2, -0.15) is 5.10 Å². The zero-order chi connectivity index (χ0) is 19.1. The van der Waals surface area contributed by atoms with Gasteiger partial charge in [-0.25, -0.2) is 4.68 Å². The summed E-state index contributed by atoms with van der Waals surface area (Å²) in [4.78, 5) is 16.9. The van der Waals surface area contributed by atoms with Gasteiger partial charge in [0.2, 0.25) is 0 Å². The second kappa shape index (κ2) is 7.68. The summed E-state index contributed by atoms with van der Waals surface area (Å²) in [6, 6.07) is 19.4. The molecule has 0 unspecified atom stereocenters. The van der Waals surface area contributed by atoms with Crippen molar-refractivity contribution in [2.45, 2.75) is 25.7 Å². The van der Waals surface area contributed by atoms with E-state index in [2.05, 4.69) is 21.5 Å². The Hall–Kier alpha value is -3.18. The molecule has 0 saturated heterocycles. The Labute approximate surface area is 175 Å². The van der Waals surface area contributed by atoms with E-state index in [4.69, 9.17) is 0 Å². The third-order valence-corrected chi connectivity index (χ3v) is 5.09. The number of aryl methyl sites for hydroxylation is 1. The van der Waals surface area contributed by atoms with Crippen molar-refractivity contribution in [3.05, 3.63) is 83.8 Å². The molecule has 2 aromatic heterocycles. The summed E-state index contributed by atoms with van der Waals surface area (Å²) in [7, 11) is 0. The molecule has 6 heteroatoms. The highest BCUT2D eigenvalue weighted by molar-refractivity contribution is 6.06. The van der Waals surface area contributed by atoms with Crippen molar-refractivity contribution < 1.29 is 4.79 Å². The van der Waals surface area contributed by atoms with Gasteiger partial charge in [-0.1, -0.05) is 6.07 Å². The van der Waals surface area contributed by atoms with Crippen molar-refractivity contribution >= 4 is 34.9 Å². The third-order valence-electron chi connectivity index (χ3n) is 5.09. The van der Waals surface area contributed by atoms with Gasteiger partial charge in [0.15, 0.2) is 0 Å². The smallest absolute Gasteiger partial charge is 0.255 e. The number of aromatic nitrogens is 3. The van der Waals surface area contributed by atoms with Crippen LogP contribution in [0.4, 0.5) is 5.69 Å². The van der Waals surface area contributed by atoms with Gasteiger partial charge in [-0.3, -0.25) is 9.78 Å². The van der Waals surface area contributed by atoms with Crippen LogP contribution in [0.2, 0.25) is 0 Å². The third kappa shape index (κ3) is 3.87. The number of anilines is 1. The minimum absolute atomic E-state index is 0. The van der Waals surface area contributed by atoms with Crippen LogP contribution in [-0.2, 0) is 0 Å². The fourth-order valence-electron chi connectivity index (χ4n) is 3.50. The topological polar surface area (TPSA) is 59.8 Å². The molecular formula is C23H21ClN4O. The molecule has 0 radical (unpaired) electrons. The molecule has 29 heavy (non-hydrogen) atoms. The average Bonchev–Trinajstić information content (AvgIpc) is 3.50. The average molecular weight is 405 g/mol. The second-order valence-electron chi connectivity index (χ2n) is 7.31. The maximum atomic E-state index is 12.6. The number of carbonyl (C=O) groups is 1. The highest BCUT2D eigenvalue weighted by Crippen LogP contribution is 2.41. The Kier molecular flexibility index (Phi) is 5.07. The molecule has 0 aliphatic heterocycles. The zero-order valence-electron chi connectivity index (χ0n) is 16.0. The number of benzene rings is 2. The number of halogens is 1. The first kappa shape index (κ1) is 19.2. The molecular weight excluding hydrogens is 384 g/mol. The summed E-state index contributed by atoms with van der Waals surface area (Å²) in [6.45, 7) is 2.02. The number of carbonyl (C=O) groups excluding carboxylic acids is 1. The molecule has 1 aliphatic carbocycles. The van der Waals surface area contributed by atoms with Gasteiger partial charge in [0.05, 0.1) is 16.9 Å². The number of pyridine rings is 1. The SMILES string of the molecule is Cc1cc(C2CC2)n(-c2ccc(NC(=O)c3ccc4ncccc4c3)cc2)n1.Cl. The lowest BCUT2D eigenvalue weighted by molar-refractivity contribution is 0.102. The maximum absolute atomic E-state index is 12.6. The van der Waals surface area contributed by atoms with Crippen molar-refractivity contribution in [3.8, 4) is 5.69 Å². The summed E-state index contributed by atoms with van der Waals surface area (Å²) >= 11 is 0. The van der Waals surface area contributed by atoms with Crippen LogP contribution < -0.4 is 5.32 Å². The van der Waals surface area contributed by atoms with Gasteiger partial charge in [0.25, 0.3) is 5.91 Å². The van der Waals surface area contributed by atoms with Crippen LogP contribution in [0.3, 0.4) is 0 Å². The van der Waals surface area contributed by atoms with Gasteiger partial charge in [0.1, 0.15) is 0 Å². The zero-order valence-corrected chi connectivity index (χ0v) is 16.8. The van der Waals surface area contributed by atoms with Gasteiger partial charge in [0, 0.05) is 34.4 Å². The lowest BCUT2D eigenvalue weighted by Gasteiger charge is -2.09. The number of nitrogens with zero attached hydrogens (tertiary/aromatic N) is 3. The molecule has 0 atom stereocenters. The number of hydrogen-bond acceptors (Lipinski definition) is 3. The maximum Gasteiger partial charge on any atom is 0.255 e. The van der Waals surface area contributed by atoms with Crippen molar-refractivity contribution in [1.82, 2.24) is 14.8 Å². The standard InChI is InChI=1S/C23H20N4O.ClH/c1-15-13-22(16-4-5-16)27(26-15)20-9-7-19(8-10-20)25-23(28)18-6-11-21-17(14-18)3-2-12-24-21;/h2-3,6-14,16H,4-5H2,1H3,(H,25,28);1H. The van der Waals surface area contributed by atoms with Gasteiger partial charge in [-0.05, 0) is 74.4 Å². The van der Waals surface area contributed by atoms with E-state index in [9.17, 15) is 4.79 Å². The molecule has 2 aromatic carbocycles. The fraction of sp³-hybridized carbons (Fsp3) is 0.174. The number of nitrogens with one attached hydrogen (secondary N) is 1. The van der Waals surface area contributed by atoms with E-state index in [-0.39, 0.29) is 18.3 Å². The van der Waals surface area contributed by atoms with Crippen LogP contribution in [0.15, 0.2) is 66.9 Å². The summed E-state index contributed by atoms with van der Waals surface area (Å²) < 4.78 is 2.02. The molecule has 4 aromatic rings. The van der Waals surface area contributed by atoms with Crippen molar-refractivity contribution in [3.63, 3.8) is 0 Å². The molecule has 0 spiro atoms. The van der Waals surface area contributed by atoms with Crippen molar-refractivity contribution in [1.29, 1.82) is 0 Å². The van der Waals surface area contributed by atoms with Crippen LogP contribution in [0.1, 0.15) is 40.5 Å². The summed E-state index contributed by atoms with van der Waals surface area (Å²) in [6.07, 6.45) is 4.22. The Morgan fingerprint density at radius 3 is 2.62 bits per heavy atom. The fourth-order valence-corrected chi connectivity index (χ4v) is 3.50. The highest BCUT2D eigenvalue weighted by atomic mass is 35.5. The Bertz CT molecular complexity index is 1180. The van der Waals surface area contributed by atoms with Gasteiger partial charge < -0.3 is 5.32 Å².